The van der Waals surface area contributed by atoms with Crippen molar-refractivity contribution in [2.45, 2.75) is 0 Å². The van der Waals surface area contributed by atoms with Crippen LogP contribution in [0, 0.1) is 0 Å². The van der Waals surface area contributed by atoms with Crippen molar-refractivity contribution in [1.29, 1.82) is 0 Å². The number of nitrogens with zero attached hydrogens (tertiary/aromatic N) is 2. The summed E-state index contributed by atoms with van der Waals surface area (Å²) in [6, 6.07) is 4.97. The first-order chi connectivity index (χ1) is 8.90. The van der Waals surface area contributed by atoms with Crippen LogP contribution in [-0.4, -0.2) is 35.3 Å². The summed E-state index contributed by atoms with van der Waals surface area (Å²) in [5.41, 5.74) is 0.648. The van der Waals surface area contributed by atoms with Gasteiger partial charge in [-0.1, -0.05) is 29.3 Å². The highest BCUT2D eigenvalue weighted by molar-refractivity contribution is 8.18. The Labute approximate surface area is 124 Å². The third kappa shape index (κ3) is 2.95. The molecule has 0 unspecified atom stereocenters. The van der Waals surface area contributed by atoms with Crippen LogP contribution in [0.3, 0.4) is 0 Å². The molecule has 2 rings (SSSR count). The summed E-state index contributed by atoms with van der Waals surface area (Å²) in [6.45, 7) is 0. The first-order valence-electron chi connectivity index (χ1n) is 5.30. The minimum Gasteiger partial charge on any atom is -0.266 e. The molecule has 0 atom stereocenters. The lowest BCUT2D eigenvalue weighted by Gasteiger charge is -2.19. The molecule has 0 aromatic heterocycles. The van der Waals surface area contributed by atoms with Crippen molar-refractivity contribution in [3.05, 3.63) is 38.7 Å². The Morgan fingerprint density at radius 3 is 2.47 bits per heavy atom. The van der Waals surface area contributed by atoms with Gasteiger partial charge < -0.3 is 0 Å². The number of rotatable bonds is 2. The molecule has 0 saturated carbocycles. The van der Waals surface area contributed by atoms with E-state index in [-0.39, 0.29) is 11.1 Å². The van der Waals surface area contributed by atoms with Gasteiger partial charge >= 0.3 is 5.24 Å². The van der Waals surface area contributed by atoms with E-state index >= 15 is 0 Å². The van der Waals surface area contributed by atoms with Crippen molar-refractivity contribution in [2.24, 2.45) is 0 Å². The summed E-state index contributed by atoms with van der Waals surface area (Å²) in [5.74, 6) is -0.356. The number of carbonyl (C=O) groups excluding carboxylic acids is 2. The molecule has 1 aliphatic rings. The first kappa shape index (κ1) is 14.4. The molecule has 7 heteroatoms. The van der Waals surface area contributed by atoms with Crippen LogP contribution in [-0.2, 0) is 4.79 Å². The highest BCUT2D eigenvalue weighted by Crippen LogP contribution is 2.34. The zero-order chi connectivity index (χ0) is 14.2. The van der Waals surface area contributed by atoms with Crippen LogP contribution in [0.15, 0.2) is 23.1 Å². The molecule has 1 saturated heterocycles. The smallest absolute Gasteiger partial charge is 0.266 e. The fourth-order valence-electron chi connectivity index (χ4n) is 1.56. The Bertz CT molecular complexity index is 587. The number of hydrazine groups is 1. The second-order valence-corrected chi connectivity index (χ2v) is 5.84. The van der Waals surface area contributed by atoms with Gasteiger partial charge in [0, 0.05) is 24.1 Å². The maximum atomic E-state index is 12.0. The van der Waals surface area contributed by atoms with E-state index in [0.29, 0.717) is 20.5 Å². The predicted molar refractivity (Wildman–Crippen MR) is 78.0 cm³/mol. The van der Waals surface area contributed by atoms with E-state index in [1.54, 1.807) is 38.4 Å². The molecule has 2 amide bonds. The Morgan fingerprint density at radius 1 is 1.26 bits per heavy atom. The summed E-state index contributed by atoms with van der Waals surface area (Å²) in [6.07, 6.45) is 1.59. The molecule has 1 heterocycles. The van der Waals surface area contributed by atoms with Gasteiger partial charge in [-0.2, -0.15) is 5.01 Å². The molecule has 0 N–H and O–H groups in total. The lowest BCUT2D eigenvalue weighted by atomic mass is 10.2. The highest BCUT2D eigenvalue weighted by atomic mass is 35.5. The van der Waals surface area contributed by atoms with E-state index in [2.05, 4.69) is 0 Å². The standard InChI is InChI=1S/C12H10Cl2N2O2S/c1-15(2)16-11(17)10(19-12(16)18)5-7-3-4-8(13)6-9(7)14/h3-6H,1-2H3/b10-5-. The summed E-state index contributed by atoms with van der Waals surface area (Å²) >= 11 is 12.7. The monoisotopic (exact) mass is 316 g/mol. The van der Waals surface area contributed by atoms with Gasteiger partial charge in [-0.25, -0.2) is 5.01 Å². The molecule has 0 radical (unpaired) electrons. The van der Waals surface area contributed by atoms with Crippen LogP contribution in [0.2, 0.25) is 10.0 Å². The van der Waals surface area contributed by atoms with Gasteiger partial charge in [-0.15, -0.1) is 0 Å². The minimum absolute atomic E-state index is 0.327. The molecule has 1 aromatic rings. The molecule has 19 heavy (non-hydrogen) atoms. The van der Waals surface area contributed by atoms with Crippen LogP contribution >= 0.6 is 35.0 Å². The summed E-state index contributed by atoms with van der Waals surface area (Å²) in [5, 5.41) is 3.14. The summed E-state index contributed by atoms with van der Waals surface area (Å²) in [4.78, 5) is 24.1. The fraction of sp³-hybridized carbons (Fsp3) is 0.167. The molecule has 0 spiro atoms. The lowest BCUT2D eigenvalue weighted by molar-refractivity contribution is -0.131. The van der Waals surface area contributed by atoms with E-state index < -0.39 is 0 Å². The van der Waals surface area contributed by atoms with Crippen LogP contribution in [0.5, 0.6) is 0 Å². The van der Waals surface area contributed by atoms with Crippen molar-refractivity contribution in [3.8, 4) is 0 Å². The zero-order valence-corrected chi connectivity index (χ0v) is 12.5. The van der Waals surface area contributed by atoms with Gasteiger partial charge in [-0.05, 0) is 35.5 Å². The van der Waals surface area contributed by atoms with Crippen LogP contribution in [0.4, 0.5) is 4.79 Å². The normalized spacial score (nSPS) is 17.9. The maximum absolute atomic E-state index is 12.0. The minimum atomic E-state index is -0.356. The molecular weight excluding hydrogens is 307 g/mol. The van der Waals surface area contributed by atoms with E-state index in [0.717, 1.165) is 16.8 Å². The van der Waals surface area contributed by atoms with E-state index in [9.17, 15) is 9.59 Å². The molecule has 1 aromatic carbocycles. The number of amides is 2. The van der Waals surface area contributed by atoms with Crippen molar-refractivity contribution in [3.63, 3.8) is 0 Å². The van der Waals surface area contributed by atoms with Gasteiger partial charge in [0.15, 0.2) is 0 Å². The van der Waals surface area contributed by atoms with Crippen LogP contribution in [0.25, 0.3) is 6.08 Å². The fourth-order valence-corrected chi connectivity index (χ4v) is 2.91. The molecule has 0 aliphatic carbocycles. The zero-order valence-electron chi connectivity index (χ0n) is 10.2. The summed E-state index contributed by atoms with van der Waals surface area (Å²) < 4.78 is 0. The number of hydrogen-bond acceptors (Lipinski definition) is 4. The van der Waals surface area contributed by atoms with Crippen molar-refractivity contribution < 1.29 is 9.59 Å². The average molecular weight is 317 g/mol. The number of imide groups is 1. The SMILES string of the molecule is CN(C)N1C(=O)S/C(=C\c2ccc(Cl)cc2Cl)C1=O. The molecule has 1 aliphatic heterocycles. The Morgan fingerprint density at radius 2 is 1.95 bits per heavy atom. The largest absolute Gasteiger partial charge is 0.308 e. The molecule has 100 valence electrons. The van der Waals surface area contributed by atoms with Crippen molar-refractivity contribution >= 4 is 52.2 Å². The molecule has 0 bridgehead atoms. The Kier molecular flexibility index (Phi) is 4.20. The number of hydrogen-bond donors (Lipinski definition) is 0. The van der Waals surface area contributed by atoms with Gasteiger partial charge in [0.2, 0.25) is 0 Å². The molecule has 4 nitrogen and oxygen atoms in total. The number of halogens is 2. The predicted octanol–water partition coefficient (Wildman–Crippen LogP) is 3.51. The van der Waals surface area contributed by atoms with E-state index in [4.69, 9.17) is 23.2 Å². The summed E-state index contributed by atoms with van der Waals surface area (Å²) in [7, 11) is 3.27. The van der Waals surface area contributed by atoms with Gasteiger partial charge in [0.1, 0.15) is 0 Å². The van der Waals surface area contributed by atoms with Gasteiger partial charge in [0.25, 0.3) is 5.91 Å². The van der Waals surface area contributed by atoms with Gasteiger partial charge in [0.05, 0.1) is 4.91 Å². The van der Waals surface area contributed by atoms with Gasteiger partial charge in [-0.3, -0.25) is 9.59 Å². The van der Waals surface area contributed by atoms with Crippen molar-refractivity contribution in [2.75, 3.05) is 14.1 Å². The average Bonchev–Trinajstić information content (AvgIpc) is 2.58. The first-order valence-corrected chi connectivity index (χ1v) is 6.87. The number of carbonyl (C=O) groups is 2. The Hall–Kier alpha value is -1.01. The number of benzene rings is 1. The number of thioether (sulfide) groups is 1. The van der Waals surface area contributed by atoms with Crippen LogP contribution in [0.1, 0.15) is 5.56 Å². The molecule has 1 fully saturated rings. The van der Waals surface area contributed by atoms with E-state index in [1.807, 2.05) is 0 Å². The van der Waals surface area contributed by atoms with Crippen molar-refractivity contribution in [1.82, 2.24) is 10.0 Å². The van der Waals surface area contributed by atoms with Crippen LogP contribution < -0.4 is 0 Å². The molecular formula is C12H10Cl2N2O2S. The topological polar surface area (TPSA) is 40.6 Å². The quantitative estimate of drug-likeness (QED) is 0.783. The highest BCUT2D eigenvalue weighted by Gasteiger charge is 2.36. The van der Waals surface area contributed by atoms with E-state index in [1.165, 1.54) is 5.01 Å². The Balaban J connectivity index is 2.35. The third-order valence-electron chi connectivity index (χ3n) is 2.42. The lowest BCUT2D eigenvalue weighted by Crippen LogP contribution is -2.40. The maximum Gasteiger partial charge on any atom is 0.308 e. The third-order valence-corrected chi connectivity index (χ3v) is 3.84. The second-order valence-electron chi connectivity index (χ2n) is 4.01. The second kappa shape index (κ2) is 5.54.